The van der Waals surface area contributed by atoms with Crippen LogP contribution >= 0.6 is 0 Å². The van der Waals surface area contributed by atoms with Crippen molar-refractivity contribution in [3.63, 3.8) is 0 Å². The fraction of sp³-hybridized carbons (Fsp3) is 0.375. The lowest BCUT2D eigenvalue weighted by molar-refractivity contribution is -0.157. The number of rotatable bonds is 5. The lowest BCUT2D eigenvalue weighted by Gasteiger charge is -2.17. The average molecular weight is 288 g/mol. The van der Waals surface area contributed by atoms with Gasteiger partial charge in [-0.05, 0) is 25.0 Å². The molecule has 1 atom stereocenters. The van der Waals surface area contributed by atoms with Gasteiger partial charge < -0.3 is 14.6 Å². The van der Waals surface area contributed by atoms with Crippen LogP contribution in [0.5, 0.6) is 0 Å². The lowest BCUT2D eigenvalue weighted by atomic mass is 10.1. The van der Waals surface area contributed by atoms with Gasteiger partial charge in [0.25, 0.3) is 5.91 Å². The molecular weight excluding hydrogens is 268 g/mol. The second-order valence-corrected chi connectivity index (χ2v) is 5.22. The molecule has 1 amide bonds. The monoisotopic (exact) mass is 288 g/mol. The Hall–Kier alpha value is -2.30. The molecule has 1 aromatic heterocycles. The molecule has 5 heteroatoms. The van der Waals surface area contributed by atoms with Crippen molar-refractivity contribution in [2.45, 2.75) is 25.9 Å². The van der Waals surface area contributed by atoms with Crippen LogP contribution in [0, 0.1) is 0 Å². The molecule has 0 unspecified atom stereocenters. The minimum atomic E-state index is -0.740. The van der Waals surface area contributed by atoms with Gasteiger partial charge in [-0.3, -0.25) is 9.59 Å². The molecule has 0 aliphatic rings. The lowest BCUT2D eigenvalue weighted by Crippen LogP contribution is -2.34. The summed E-state index contributed by atoms with van der Waals surface area (Å²) in [5.41, 5.74) is 2.13. The summed E-state index contributed by atoms with van der Waals surface area (Å²) in [6.07, 6.45) is 2.01. The maximum absolute atomic E-state index is 11.8. The van der Waals surface area contributed by atoms with Crippen LogP contribution in [0.4, 0.5) is 0 Å². The summed E-state index contributed by atoms with van der Waals surface area (Å²) in [6, 6.07) is 7.95. The number of nitrogens with one attached hydrogen (secondary N) is 1. The van der Waals surface area contributed by atoms with Crippen molar-refractivity contribution in [1.29, 1.82) is 0 Å². The topological polar surface area (TPSA) is 62.4 Å². The van der Waals surface area contributed by atoms with Crippen LogP contribution in [0.3, 0.4) is 0 Å². The number of aromatic nitrogens is 1. The summed E-state index contributed by atoms with van der Waals surface area (Å²) in [5, 5.41) is 1.11. The molecule has 0 spiro atoms. The Kier molecular flexibility index (Phi) is 4.62. The Balaban J connectivity index is 1.91. The van der Waals surface area contributed by atoms with Gasteiger partial charge in [-0.1, -0.05) is 18.2 Å². The fourth-order valence-electron chi connectivity index (χ4n) is 2.25. The molecule has 0 aliphatic carbocycles. The number of carbonyl (C=O) groups excluding carboxylic acids is 2. The third-order valence-corrected chi connectivity index (χ3v) is 3.37. The number of esters is 1. The molecule has 0 bridgehead atoms. The van der Waals surface area contributed by atoms with Crippen LogP contribution in [-0.4, -0.2) is 42.0 Å². The van der Waals surface area contributed by atoms with E-state index < -0.39 is 6.10 Å². The SMILES string of the molecule is C[C@H](OC(=O)CCc1c[nH]c2ccccc12)C(=O)N(C)C. The van der Waals surface area contributed by atoms with Gasteiger partial charge in [0.15, 0.2) is 6.10 Å². The number of nitrogens with zero attached hydrogens (tertiary/aromatic N) is 1. The molecule has 1 N–H and O–H groups in total. The van der Waals surface area contributed by atoms with E-state index in [1.807, 2.05) is 30.5 Å². The zero-order chi connectivity index (χ0) is 15.4. The largest absolute Gasteiger partial charge is 0.453 e. The van der Waals surface area contributed by atoms with E-state index in [4.69, 9.17) is 4.74 Å². The zero-order valence-corrected chi connectivity index (χ0v) is 12.6. The van der Waals surface area contributed by atoms with Crippen molar-refractivity contribution in [1.82, 2.24) is 9.88 Å². The highest BCUT2D eigenvalue weighted by molar-refractivity contribution is 5.85. The Morgan fingerprint density at radius 3 is 2.71 bits per heavy atom. The maximum atomic E-state index is 11.8. The molecule has 0 fully saturated rings. The van der Waals surface area contributed by atoms with Crippen LogP contribution in [0.1, 0.15) is 18.9 Å². The molecule has 0 saturated heterocycles. The average Bonchev–Trinajstić information content (AvgIpc) is 2.87. The minimum Gasteiger partial charge on any atom is -0.453 e. The van der Waals surface area contributed by atoms with Crippen molar-refractivity contribution in [2.75, 3.05) is 14.1 Å². The predicted octanol–water partition coefficient (Wildman–Crippen LogP) is 2.12. The number of likely N-dealkylation sites (N-methyl/N-ethyl adjacent to an activating group) is 1. The van der Waals surface area contributed by atoms with Gasteiger partial charge in [0.05, 0.1) is 0 Å². The fourth-order valence-corrected chi connectivity index (χ4v) is 2.25. The van der Waals surface area contributed by atoms with Crippen LogP contribution in [-0.2, 0) is 20.7 Å². The Bertz CT molecular complexity index is 646. The van der Waals surface area contributed by atoms with Gasteiger partial charge in [0.1, 0.15) is 0 Å². The van der Waals surface area contributed by atoms with Crippen molar-refractivity contribution >= 4 is 22.8 Å². The number of fused-ring (bicyclic) bond motifs is 1. The second-order valence-electron chi connectivity index (χ2n) is 5.22. The molecule has 1 aromatic carbocycles. The molecule has 2 rings (SSSR count). The molecule has 0 saturated carbocycles. The van der Waals surface area contributed by atoms with Crippen molar-refractivity contribution in [3.8, 4) is 0 Å². The van der Waals surface area contributed by atoms with E-state index >= 15 is 0 Å². The predicted molar refractivity (Wildman–Crippen MR) is 80.9 cm³/mol. The smallest absolute Gasteiger partial charge is 0.306 e. The number of hydrogen-bond donors (Lipinski definition) is 1. The van der Waals surface area contributed by atoms with Gasteiger partial charge in [-0.15, -0.1) is 0 Å². The third-order valence-electron chi connectivity index (χ3n) is 3.37. The molecular formula is C16H20N2O3. The highest BCUT2D eigenvalue weighted by Gasteiger charge is 2.19. The summed E-state index contributed by atoms with van der Waals surface area (Å²) < 4.78 is 5.14. The number of ether oxygens (including phenoxy) is 1. The van der Waals surface area contributed by atoms with E-state index in [2.05, 4.69) is 4.98 Å². The molecule has 2 aromatic rings. The van der Waals surface area contributed by atoms with Crippen molar-refractivity contribution in [2.24, 2.45) is 0 Å². The Morgan fingerprint density at radius 1 is 1.29 bits per heavy atom. The van der Waals surface area contributed by atoms with Crippen molar-refractivity contribution in [3.05, 3.63) is 36.0 Å². The number of amides is 1. The van der Waals surface area contributed by atoms with Crippen molar-refractivity contribution < 1.29 is 14.3 Å². The number of para-hydroxylation sites is 1. The Labute approximate surface area is 123 Å². The first-order valence-electron chi connectivity index (χ1n) is 6.94. The first-order chi connectivity index (χ1) is 9.99. The molecule has 5 nitrogen and oxygen atoms in total. The highest BCUT2D eigenvalue weighted by Crippen LogP contribution is 2.19. The summed E-state index contributed by atoms with van der Waals surface area (Å²) in [4.78, 5) is 28.0. The number of carbonyl (C=O) groups is 2. The summed E-state index contributed by atoms with van der Waals surface area (Å²) in [7, 11) is 3.28. The van der Waals surface area contributed by atoms with Crippen LogP contribution < -0.4 is 0 Å². The van der Waals surface area contributed by atoms with Crippen LogP contribution in [0.15, 0.2) is 30.5 Å². The molecule has 0 radical (unpaired) electrons. The van der Waals surface area contributed by atoms with E-state index in [1.54, 1.807) is 21.0 Å². The van der Waals surface area contributed by atoms with Crippen LogP contribution in [0.2, 0.25) is 0 Å². The van der Waals surface area contributed by atoms with Gasteiger partial charge in [-0.25, -0.2) is 0 Å². The number of aryl methyl sites for hydroxylation is 1. The van der Waals surface area contributed by atoms with Gasteiger partial charge >= 0.3 is 5.97 Å². The first kappa shape index (κ1) is 15.1. The molecule has 21 heavy (non-hydrogen) atoms. The van der Waals surface area contributed by atoms with E-state index in [1.165, 1.54) is 4.90 Å². The van der Waals surface area contributed by atoms with E-state index in [-0.39, 0.29) is 18.3 Å². The highest BCUT2D eigenvalue weighted by atomic mass is 16.5. The quantitative estimate of drug-likeness (QED) is 0.857. The molecule has 1 heterocycles. The van der Waals surface area contributed by atoms with Gasteiger partial charge in [0, 0.05) is 37.6 Å². The maximum Gasteiger partial charge on any atom is 0.306 e. The van der Waals surface area contributed by atoms with E-state index in [0.29, 0.717) is 6.42 Å². The summed E-state index contributed by atoms with van der Waals surface area (Å²) in [6.45, 7) is 1.59. The first-order valence-corrected chi connectivity index (χ1v) is 6.94. The van der Waals surface area contributed by atoms with Gasteiger partial charge in [0.2, 0.25) is 0 Å². The number of aromatic amines is 1. The van der Waals surface area contributed by atoms with E-state index in [9.17, 15) is 9.59 Å². The zero-order valence-electron chi connectivity index (χ0n) is 12.6. The third kappa shape index (κ3) is 3.62. The summed E-state index contributed by atoms with van der Waals surface area (Å²) in [5.74, 6) is -0.571. The minimum absolute atomic E-state index is 0.213. The molecule has 0 aliphatic heterocycles. The number of benzene rings is 1. The number of hydrogen-bond acceptors (Lipinski definition) is 3. The summed E-state index contributed by atoms with van der Waals surface area (Å²) >= 11 is 0. The van der Waals surface area contributed by atoms with Gasteiger partial charge in [-0.2, -0.15) is 0 Å². The Morgan fingerprint density at radius 2 is 2.00 bits per heavy atom. The molecule has 112 valence electrons. The normalized spacial score (nSPS) is 12.1. The van der Waals surface area contributed by atoms with Crippen LogP contribution in [0.25, 0.3) is 10.9 Å². The number of H-pyrrole nitrogens is 1. The van der Waals surface area contributed by atoms with E-state index in [0.717, 1.165) is 16.5 Å². The second kappa shape index (κ2) is 6.43. The standard InChI is InChI=1S/C16H20N2O3/c1-11(16(20)18(2)3)21-15(19)9-8-12-10-17-14-7-5-4-6-13(12)14/h4-7,10-11,17H,8-9H2,1-3H3/t11-/m0/s1.